The molecule has 19 heavy (non-hydrogen) atoms. The normalized spacial score (nSPS) is 12.0. The maximum absolute atomic E-state index is 4.64. The van der Waals surface area contributed by atoms with Gasteiger partial charge in [-0.3, -0.25) is 4.68 Å². The Morgan fingerprint density at radius 1 is 1.32 bits per heavy atom. The first-order valence-electron chi connectivity index (χ1n) is 7.53. The molecule has 110 valence electrons. The summed E-state index contributed by atoms with van der Waals surface area (Å²) in [6.45, 7) is 11.8. The van der Waals surface area contributed by atoms with Crippen LogP contribution in [-0.2, 0) is 6.54 Å². The summed E-state index contributed by atoms with van der Waals surface area (Å²) >= 11 is 0. The van der Waals surface area contributed by atoms with Crippen LogP contribution in [-0.4, -0.2) is 40.9 Å². The molecule has 0 bridgehead atoms. The average Bonchev–Trinajstić information content (AvgIpc) is 2.84. The van der Waals surface area contributed by atoms with Gasteiger partial charge in [-0.25, -0.2) is 0 Å². The molecule has 0 radical (unpaired) electrons. The van der Waals surface area contributed by atoms with Gasteiger partial charge in [-0.05, 0) is 39.8 Å². The van der Waals surface area contributed by atoms with E-state index in [0.717, 1.165) is 38.2 Å². The van der Waals surface area contributed by atoms with Crippen LogP contribution in [0.2, 0.25) is 0 Å². The molecule has 0 aliphatic heterocycles. The van der Waals surface area contributed by atoms with E-state index in [-0.39, 0.29) is 0 Å². The summed E-state index contributed by atoms with van der Waals surface area (Å²) in [5, 5.41) is 8.10. The number of hydrogen-bond donors (Lipinski definition) is 1. The van der Waals surface area contributed by atoms with Gasteiger partial charge in [-0.15, -0.1) is 0 Å². The summed E-state index contributed by atoms with van der Waals surface area (Å²) in [6, 6.07) is 3.27. The van der Waals surface area contributed by atoms with Crippen LogP contribution in [0.3, 0.4) is 0 Å². The molecule has 0 amide bonds. The van der Waals surface area contributed by atoms with E-state index in [1.807, 2.05) is 0 Å². The number of nitrogens with zero attached hydrogens (tertiary/aromatic N) is 3. The largest absolute Gasteiger partial charge is 0.310 e. The summed E-state index contributed by atoms with van der Waals surface area (Å²) < 4.78 is 2.11. The Bertz CT molecular complexity index is 342. The first kappa shape index (κ1) is 16.2. The SMILES string of the molecule is CCC(CC)n1ccc(CNCCN(C)C(C)C)n1. The third-order valence-electron chi connectivity index (χ3n) is 3.81. The molecule has 1 N–H and O–H groups in total. The van der Waals surface area contributed by atoms with Gasteiger partial charge in [0.15, 0.2) is 0 Å². The Morgan fingerprint density at radius 3 is 2.58 bits per heavy atom. The number of likely N-dealkylation sites (N-methyl/N-ethyl adjacent to an activating group) is 1. The predicted octanol–water partition coefficient (Wildman–Crippen LogP) is 2.67. The zero-order valence-electron chi connectivity index (χ0n) is 13.2. The van der Waals surface area contributed by atoms with Crippen molar-refractivity contribution in [2.75, 3.05) is 20.1 Å². The molecule has 0 aliphatic carbocycles. The lowest BCUT2D eigenvalue weighted by molar-refractivity contribution is 0.273. The van der Waals surface area contributed by atoms with Crippen molar-refractivity contribution < 1.29 is 0 Å². The number of rotatable bonds is 9. The minimum Gasteiger partial charge on any atom is -0.310 e. The number of hydrogen-bond acceptors (Lipinski definition) is 3. The van der Waals surface area contributed by atoms with Gasteiger partial charge in [0.05, 0.1) is 11.7 Å². The van der Waals surface area contributed by atoms with Crippen molar-refractivity contribution in [1.82, 2.24) is 20.0 Å². The fourth-order valence-electron chi connectivity index (χ4n) is 2.07. The predicted molar refractivity (Wildman–Crippen MR) is 81.3 cm³/mol. The van der Waals surface area contributed by atoms with Gasteiger partial charge in [-0.1, -0.05) is 13.8 Å². The van der Waals surface area contributed by atoms with Crippen molar-refractivity contribution in [1.29, 1.82) is 0 Å². The van der Waals surface area contributed by atoms with E-state index in [2.05, 4.69) is 67.0 Å². The molecule has 1 rings (SSSR count). The fourth-order valence-corrected chi connectivity index (χ4v) is 2.07. The van der Waals surface area contributed by atoms with Gasteiger partial charge >= 0.3 is 0 Å². The Hall–Kier alpha value is -0.870. The van der Waals surface area contributed by atoms with Crippen molar-refractivity contribution in [2.45, 2.75) is 59.2 Å². The van der Waals surface area contributed by atoms with Crippen LogP contribution in [0, 0.1) is 0 Å². The third-order valence-corrected chi connectivity index (χ3v) is 3.81. The fraction of sp³-hybridized carbons (Fsp3) is 0.800. The molecule has 0 saturated heterocycles. The molecular weight excluding hydrogens is 236 g/mol. The third kappa shape index (κ3) is 5.33. The highest BCUT2D eigenvalue weighted by Crippen LogP contribution is 2.14. The Morgan fingerprint density at radius 2 is 2.00 bits per heavy atom. The second-order valence-corrected chi connectivity index (χ2v) is 5.51. The molecule has 1 aromatic heterocycles. The smallest absolute Gasteiger partial charge is 0.0762 e. The Labute approximate surface area is 118 Å². The summed E-state index contributed by atoms with van der Waals surface area (Å²) in [6.07, 6.45) is 4.39. The van der Waals surface area contributed by atoms with Gasteiger partial charge in [0.2, 0.25) is 0 Å². The maximum atomic E-state index is 4.64. The Kier molecular flexibility index (Phi) is 7.10. The molecule has 0 spiro atoms. The van der Waals surface area contributed by atoms with E-state index >= 15 is 0 Å². The topological polar surface area (TPSA) is 33.1 Å². The van der Waals surface area contributed by atoms with Crippen LogP contribution in [0.5, 0.6) is 0 Å². The van der Waals surface area contributed by atoms with Crippen molar-refractivity contribution in [3.63, 3.8) is 0 Å². The lowest BCUT2D eigenvalue weighted by Crippen LogP contribution is -2.33. The van der Waals surface area contributed by atoms with Gasteiger partial charge in [0.1, 0.15) is 0 Å². The first-order valence-corrected chi connectivity index (χ1v) is 7.53. The molecule has 0 unspecified atom stereocenters. The molecule has 0 saturated carbocycles. The van der Waals surface area contributed by atoms with E-state index < -0.39 is 0 Å². The maximum Gasteiger partial charge on any atom is 0.0762 e. The molecular formula is C15H30N4. The highest BCUT2D eigenvalue weighted by Gasteiger charge is 2.07. The molecule has 0 aliphatic rings. The van der Waals surface area contributed by atoms with Crippen molar-refractivity contribution in [3.05, 3.63) is 18.0 Å². The van der Waals surface area contributed by atoms with Crippen LogP contribution < -0.4 is 5.32 Å². The molecule has 0 atom stereocenters. The quantitative estimate of drug-likeness (QED) is 0.698. The number of nitrogens with one attached hydrogen (secondary N) is 1. The average molecular weight is 266 g/mol. The van der Waals surface area contributed by atoms with Gasteiger partial charge in [0, 0.05) is 31.9 Å². The van der Waals surface area contributed by atoms with Crippen LogP contribution in [0.4, 0.5) is 0 Å². The van der Waals surface area contributed by atoms with E-state index in [4.69, 9.17) is 0 Å². The minimum atomic E-state index is 0.542. The van der Waals surface area contributed by atoms with Gasteiger partial charge in [0.25, 0.3) is 0 Å². The van der Waals surface area contributed by atoms with Gasteiger partial charge < -0.3 is 10.2 Å². The monoisotopic (exact) mass is 266 g/mol. The highest BCUT2D eigenvalue weighted by molar-refractivity contribution is 4.99. The minimum absolute atomic E-state index is 0.542. The van der Waals surface area contributed by atoms with E-state index in [1.54, 1.807) is 0 Å². The molecule has 0 fully saturated rings. The van der Waals surface area contributed by atoms with Crippen LogP contribution >= 0.6 is 0 Å². The lowest BCUT2D eigenvalue weighted by Gasteiger charge is -2.20. The van der Waals surface area contributed by atoms with Crippen molar-refractivity contribution in [2.24, 2.45) is 0 Å². The summed E-state index contributed by atoms with van der Waals surface area (Å²) in [5.74, 6) is 0. The Balaban J connectivity index is 2.30. The highest BCUT2D eigenvalue weighted by atomic mass is 15.3. The summed E-state index contributed by atoms with van der Waals surface area (Å²) in [4.78, 5) is 2.34. The standard InChI is InChI=1S/C15H30N4/c1-6-15(7-2)19-10-8-14(17-19)12-16-9-11-18(5)13(3)4/h8,10,13,15-16H,6-7,9,11-12H2,1-5H3. The lowest BCUT2D eigenvalue weighted by atomic mass is 10.2. The molecule has 4 nitrogen and oxygen atoms in total. The van der Waals surface area contributed by atoms with E-state index in [1.165, 1.54) is 0 Å². The zero-order valence-corrected chi connectivity index (χ0v) is 13.2. The van der Waals surface area contributed by atoms with Crippen molar-refractivity contribution >= 4 is 0 Å². The summed E-state index contributed by atoms with van der Waals surface area (Å²) in [5.41, 5.74) is 1.14. The molecule has 4 heteroatoms. The van der Waals surface area contributed by atoms with E-state index in [0.29, 0.717) is 12.1 Å². The van der Waals surface area contributed by atoms with E-state index in [9.17, 15) is 0 Å². The number of aromatic nitrogens is 2. The van der Waals surface area contributed by atoms with Crippen molar-refractivity contribution in [3.8, 4) is 0 Å². The zero-order chi connectivity index (χ0) is 14.3. The molecule has 1 aromatic rings. The van der Waals surface area contributed by atoms with Crippen LogP contribution in [0.25, 0.3) is 0 Å². The second kappa shape index (κ2) is 8.33. The molecule has 0 aromatic carbocycles. The van der Waals surface area contributed by atoms with Crippen LogP contribution in [0.1, 0.15) is 52.3 Å². The van der Waals surface area contributed by atoms with Crippen LogP contribution in [0.15, 0.2) is 12.3 Å². The van der Waals surface area contributed by atoms with Gasteiger partial charge in [-0.2, -0.15) is 5.10 Å². The second-order valence-electron chi connectivity index (χ2n) is 5.51. The first-order chi connectivity index (χ1) is 9.08. The summed E-state index contributed by atoms with van der Waals surface area (Å²) in [7, 11) is 2.16. The molecule has 1 heterocycles.